The van der Waals surface area contributed by atoms with Gasteiger partial charge in [0.2, 0.25) is 5.91 Å². The molecule has 5 nitrogen and oxygen atoms in total. The van der Waals surface area contributed by atoms with E-state index < -0.39 is 0 Å². The third-order valence-corrected chi connectivity index (χ3v) is 2.57. The minimum atomic E-state index is -0.219. The minimum absolute atomic E-state index is 0.0210. The first-order chi connectivity index (χ1) is 8.06. The van der Waals surface area contributed by atoms with E-state index in [0.29, 0.717) is 6.54 Å². The topological polar surface area (TPSA) is 77.8 Å². The van der Waals surface area contributed by atoms with Gasteiger partial charge in [0.1, 0.15) is 0 Å². The second kappa shape index (κ2) is 4.45. The zero-order chi connectivity index (χ0) is 12.4. The molecule has 0 bridgehead atoms. The molecule has 0 spiro atoms. The SMILES string of the molecule is CC(C)C(=O)NCc1ccc2[nH]c(=O)[nH]c2c1. The number of rotatable bonds is 3. The maximum absolute atomic E-state index is 11.4. The van der Waals surface area contributed by atoms with Crippen molar-refractivity contribution in [3.8, 4) is 0 Å². The van der Waals surface area contributed by atoms with Gasteiger partial charge in [0, 0.05) is 12.5 Å². The third-order valence-electron chi connectivity index (χ3n) is 2.57. The van der Waals surface area contributed by atoms with Crippen molar-refractivity contribution in [1.29, 1.82) is 0 Å². The lowest BCUT2D eigenvalue weighted by Crippen LogP contribution is -2.27. The minimum Gasteiger partial charge on any atom is -0.352 e. The van der Waals surface area contributed by atoms with Crippen molar-refractivity contribution in [3.05, 3.63) is 34.2 Å². The van der Waals surface area contributed by atoms with Gasteiger partial charge >= 0.3 is 5.69 Å². The number of amides is 1. The summed E-state index contributed by atoms with van der Waals surface area (Å²) in [4.78, 5) is 27.8. The van der Waals surface area contributed by atoms with Gasteiger partial charge in [0.25, 0.3) is 0 Å². The lowest BCUT2D eigenvalue weighted by Gasteiger charge is -2.07. The molecule has 0 unspecified atom stereocenters. The van der Waals surface area contributed by atoms with E-state index in [1.165, 1.54) is 0 Å². The first kappa shape index (κ1) is 11.4. The van der Waals surface area contributed by atoms with Crippen molar-refractivity contribution in [2.75, 3.05) is 0 Å². The number of aromatic nitrogens is 2. The van der Waals surface area contributed by atoms with E-state index in [9.17, 15) is 9.59 Å². The van der Waals surface area contributed by atoms with Crippen LogP contribution in [0.25, 0.3) is 11.0 Å². The molecule has 0 saturated heterocycles. The average molecular weight is 233 g/mol. The number of carbonyl (C=O) groups is 1. The van der Waals surface area contributed by atoms with Crippen molar-refractivity contribution in [2.45, 2.75) is 20.4 Å². The fourth-order valence-electron chi connectivity index (χ4n) is 1.58. The van der Waals surface area contributed by atoms with Crippen LogP contribution in [0.5, 0.6) is 0 Å². The third kappa shape index (κ3) is 2.55. The van der Waals surface area contributed by atoms with Crippen molar-refractivity contribution in [1.82, 2.24) is 15.3 Å². The van der Waals surface area contributed by atoms with Crippen LogP contribution >= 0.6 is 0 Å². The summed E-state index contributed by atoms with van der Waals surface area (Å²) in [5.74, 6) is -0.00143. The van der Waals surface area contributed by atoms with Crippen LogP contribution in [0.3, 0.4) is 0 Å². The number of nitrogens with one attached hydrogen (secondary N) is 3. The Labute approximate surface area is 98.2 Å². The fourth-order valence-corrected chi connectivity index (χ4v) is 1.58. The Morgan fingerprint density at radius 2 is 2.00 bits per heavy atom. The molecule has 2 aromatic rings. The molecular weight excluding hydrogens is 218 g/mol. The molecule has 17 heavy (non-hydrogen) atoms. The first-order valence-electron chi connectivity index (χ1n) is 5.55. The zero-order valence-electron chi connectivity index (χ0n) is 9.83. The number of fused-ring (bicyclic) bond motifs is 1. The summed E-state index contributed by atoms with van der Waals surface area (Å²) in [6.45, 7) is 4.17. The summed E-state index contributed by atoms with van der Waals surface area (Å²) >= 11 is 0. The van der Waals surface area contributed by atoms with E-state index >= 15 is 0 Å². The molecule has 90 valence electrons. The van der Waals surface area contributed by atoms with E-state index in [1.807, 2.05) is 32.0 Å². The van der Waals surface area contributed by atoms with Gasteiger partial charge < -0.3 is 15.3 Å². The second-order valence-corrected chi connectivity index (χ2v) is 4.33. The van der Waals surface area contributed by atoms with Gasteiger partial charge in [-0.2, -0.15) is 0 Å². The predicted molar refractivity (Wildman–Crippen MR) is 65.6 cm³/mol. The van der Waals surface area contributed by atoms with Crippen LogP contribution in [-0.4, -0.2) is 15.9 Å². The van der Waals surface area contributed by atoms with Gasteiger partial charge in [-0.1, -0.05) is 19.9 Å². The fraction of sp³-hybridized carbons (Fsp3) is 0.333. The van der Waals surface area contributed by atoms with Crippen LogP contribution in [0.4, 0.5) is 0 Å². The lowest BCUT2D eigenvalue weighted by molar-refractivity contribution is -0.124. The molecule has 2 rings (SSSR count). The van der Waals surface area contributed by atoms with Gasteiger partial charge in [-0.15, -0.1) is 0 Å². The molecule has 5 heteroatoms. The maximum atomic E-state index is 11.4. The molecule has 1 aromatic heterocycles. The highest BCUT2D eigenvalue weighted by Gasteiger charge is 2.06. The zero-order valence-corrected chi connectivity index (χ0v) is 9.83. The molecule has 0 fully saturated rings. The molecular formula is C12H15N3O2. The Balaban J connectivity index is 2.14. The van der Waals surface area contributed by atoms with Gasteiger partial charge in [0.05, 0.1) is 11.0 Å². The summed E-state index contributed by atoms with van der Waals surface area (Å²) in [5.41, 5.74) is 2.27. The normalized spacial score (nSPS) is 11.0. The van der Waals surface area contributed by atoms with Crippen LogP contribution in [-0.2, 0) is 11.3 Å². The molecule has 1 aromatic carbocycles. The number of H-pyrrole nitrogens is 2. The molecule has 0 atom stereocenters. The van der Waals surface area contributed by atoms with Crippen LogP contribution < -0.4 is 11.0 Å². The number of hydrogen-bond acceptors (Lipinski definition) is 2. The molecule has 0 aliphatic heterocycles. The summed E-state index contributed by atoms with van der Waals surface area (Å²) < 4.78 is 0. The van der Waals surface area contributed by atoms with Gasteiger partial charge in [-0.3, -0.25) is 4.79 Å². The maximum Gasteiger partial charge on any atom is 0.323 e. The number of imidazole rings is 1. The van der Waals surface area contributed by atoms with Gasteiger partial charge in [0.15, 0.2) is 0 Å². The van der Waals surface area contributed by atoms with E-state index in [2.05, 4.69) is 15.3 Å². The summed E-state index contributed by atoms with van der Waals surface area (Å²) in [6.07, 6.45) is 0. The van der Waals surface area contributed by atoms with Crippen LogP contribution in [0.2, 0.25) is 0 Å². The van der Waals surface area contributed by atoms with E-state index in [0.717, 1.165) is 16.6 Å². The number of hydrogen-bond donors (Lipinski definition) is 3. The molecule has 0 aliphatic carbocycles. The largest absolute Gasteiger partial charge is 0.352 e. The molecule has 1 amide bonds. The van der Waals surface area contributed by atoms with Crippen molar-refractivity contribution < 1.29 is 4.79 Å². The molecule has 0 saturated carbocycles. The molecule has 3 N–H and O–H groups in total. The van der Waals surface area contributed by atoms with Crippen molar-refractivity contribution in [2.24, 2.45) is 5.92 Å². The van der Waals surface area contributed by atoms with Crippen LogP contribution in [0.1, 0.15) is 19.4 Å². The molecule has 0 radical (unpaired) electrons. The summed E-state index contributed by atoms with van der Waals surface area (Å²) in [7, 11) is 0. The predicted octanol–water partition coefficient (Wildman–Crippen LogP) is 1.13. The Bertz CT molecular complexity index is 595. The Kier molecular flexibility index (Phi) is 2.99. The molecule has 0 aliphatic rings. The number of benzene rings is 1. The number of aromatic amines is 2. The smallest absolute Gasteiger partial charge is 0.323 e. The van der Waals surface area contributed by atoms with E-state index in [1.54, 1.807) is 0 Å². The highest BCUT2D eigenvalue weighted by Crippen LogP contribution is 2.10. The Morgan fingerprint density at radius 1 is 1.29 bits per heavy atom. The van der Waals surface area contributed by atoms with Crippen LogP contribution in [0, 0.1) is 5.92 Å². The average Bonchev–Trinajstić information content (AvgIpc) is 2.64. The van der Waals surface area contributed by atoms with Crippen molar-refractivity contribution >= 4 is 16.9 Å². The van der Waals surface area contributed by atoms with Crippen molar-refractivity contribution in [3.63, 3.8) is 0 Å². The Hall–Kier alpha value is -2.04. The van der Waals surface area contributed by atoms with E-state index in [-0.39, 0.29) is 17.5 Å². The van der Waals surface area contributed by atoms with Gasteiger partial charge in [-0.25, -0.2) is 4.79 Å². The summed E-state index contributed by atoms with van der Waals surface area (Å²) in [6, 6.07) is 5.56. The monoisotopic (exact) mass is 233 g/mol. The Morgan fingerprint density at radius 3 is 2.71 bits per heavy atom. The highest BCUT2D eigenvalue weighted by atomic mass is 16.2. The highest BCUT2D eigenvalue weighted by molar-refractivity contribution is 5.78. The summed E-state index contributed by atoms with van der Waals surface area (Å²) in [5, 5.41) is 2.83. The second-order valence-electron chi connectivity index (χ2n) is 4.33. The van der Waals surface area contributed by atoms with Crippen LogP contribution in [0.15, 0.2) is 23.0 Å². The van der Waals surface area contributed by atoms with E-state index in [4.69, 9.17) is 0 Å². The quantitative estimate of drug-likeness (QED) is 0.743. The lowest BCUT2D eigenvalue weighted by atomic mass is 10.1. The molecule has 1 heterocycles. The first-order valence-corrected chi connectivity index (χ1v) is 5.55. The standard InChI is InChI=1S/C12H15N3O2/c1-7(2)11(16)13-6-8-3-4-9-10(5-8)15-12(17)14-9/h3-5,7H,6H2,1-2H3,(H,13,16)(H2,14,15,17). The van der Waals surface area contributed by atoms with Gasteiger partial charge in [-0.05, 0) is 17.7 Å². The number of carbonyl (C=O) groups excluding carboxylic acids is 1.